The maximum Gasteiger partial charge on any atom is 0.123 e. The molecule has 84 valence electrons. The molecule has 3 heteroatoms. The summed E-state index contributed by atoms with van der Waals surface area (Å²) < 4.78 is 12.9. The van der Waals surface area contributed by atoms with E-state index in [4.69, 9.17) is 5.73 Å². The molecule has 2 rings (SSSR count). The average Bonchev–Trinajstić information content (AvgIpc) is 2.70. The Balaban J connectivity index is 2.17. The van der Waals surface area contributed by atoms with Crippen LogP contribution in [-0.2, 0) is 6.42 Å². The van der Waals surface area contributed by atoms with Gasteiger partial charge < -0.3 is 5.73 Å². The van der Waals surface area contributed by atoms with Crippen LogP contribution in [0.5, 0.6) is 0 Å². The first kappa shape index (κ1) is 11.3. The summed E-state index contributed by atoms with van der Waals surface area (Å²) in [6, 6.07) is 6.79. The molecule has 0 fully saturated rings. The van der Waals surface area contributed by atoms with Crippen molar-refractivity contribution >= 4 is 11.3 Å². The lowest BCUT2D eigenvalue weighted by Gasteiger charge is -2.14. The first-order valence-corrected chi connectivity index (χ1v) is 6.14. The fourth-order valence-electron chi connectivity index (χ4n) is 1.83. The standard InChI is InChI=1S/C13H14FNS/c1-9-6-11(14)2-3-12(9)13(15)7-10-4-5-16-8-10/h2-6,8,13H,7,15H2,1H3. The van der Waals surface area contributed by atoms with Crippen LogP contribution in [0.15, 0.2) is 35.0 Å². The van der Waals surface area contributed by atoms with Crippen molar-refractivity contribution in [1.29, 1.82) is 0 Å². The van der Waals surface area contributed by atoms with Crippen LogP contribution >= 0.6 is 11.3 Å². The lowest BCUT2D eigenvalue weighted by atomic mass is 9.97. The van der Waals surface area contributed by atoms with Crippen molar-refractivity contribution in [2.75, 3.05) is 0 Å². The molecule has 1 aromatic carbocycles. The Morgan fingerprint density at radius 1 is 1.38 bits per heavy atom. The maximum atomic E-state index is 12.9. The third-order valence-electron chi connectivity index (χ3n) is 2.67. The Hall–Kier alpha value is -1.19. The van der Waals surface area contributed by atoms with Crippen LogP contribution in [0.4, 0.5) is 4.39 Å². The van der Waals surface area contributed by atoms with Gasteiger partial charge in [0.2, 0.25) is 0 Å². The van der Waals surface area contributed by atoms with Crippen molar-refractivity contribution in [3.05, 3.63) is 57.5 Å². The van der Waals surface area contributed by atoms with E-state index in [1.54, 1.807) is 17.4 Å². The molecular weight excluding hydrogens is 221 g/mol. The second kappa shape index (κ2) is 4.76. The molecule has 2 aromatic rings. The quantitative estimate of drug-likeness (QED) is 0.866. The van der Waals surface area contributed by atoms with Gasteiger partial charge in [-0.15, -0.1) is 0 Å². The van der Waals surface area contributed by atoms with E-state index in [1.165, 1.54) is 17.7 Å². The van der Waals surface area contributed by atoms with E-state index in [-0.39, 0.29) is 11.9 Å². The van der Waals surface area contributed by atoms with Gasteiger partial charge in [0.05, 0.1) is 0 Å². The number of aryl methyl sites for hydroxylation is 1. The molecule has 0 radical (unpaired) electrons. The number of hydrogen-bond donors (Lipinski definition) is 1. The molecule has 1 nitrogen and oxygen atoms in total. The van der Waals surface area contributed by atoms with Crippen LogP contribution in [0.1, 0.15) is 22.7 Å². The molecule has 1 heterocycles. The first-order valence-electron chi connectivity index (χ1n) is 5.19. The molecule has 2 N–H and O–H groups in total. The number of nitrogens with two attached hydrogens (primary N) is 1. The summed E-state index contributed by atoms with van der Waals surface area (Å²) in [5.74, 6) is -0.205. The van der Waals surface area contributed by atoms with Gasteiger partial charge in [0.25, 0.3) is 0 Å². The van der Waals surface area contributed by atoms with Crippen LogP contribution in [0.3, 0.4) is 0 Å². The van der Waals surface area contributed by atoms with Crippen LogP contribution < -0.4 is 5.73 Å². The van der Waals surface area contributed by atoms with Crippen molar-refractivity contribution < 1.29 is 4.39 Å². The minimum absolute atomic E-state index is 0.0600. The Kier molecular flexibility index (Phi) is 3.36. The average molecular weight is 235 g/mol. The third kappa shape index (κ3) is 2.49. The van der Waals surface area contributed by atoms with Crippen molar-refractivity contribution in [3.63, 3.8) is 0 Å². The number of hydrogen-bond acceptors (Lipinski definition) is 2. The van der Waals surface area contributed by atoms with Gasteiger partial charge in [-0.3, -0.25) is 0 Å². The van der Waals surface area contributed by atoms with E-state index < -0.39 is 0 Å². The molecule has 0 saturated carbocycles. The van der Waals surface area contributed by atoms with Gasteiger partial charge >= 0.3 is 0 Å². The number of halogens is 1. The second-order valence-corrected chi connectivity index (χ2v) is 4.72. The lowest BCUT2D eigenvalue weighted by molar-refractivity contribution is 0.622. The second-order valence-electron chi connectivity index (χ2n) is 3.94. The van der Waals surface area contributed by atoms with E-state index in [2.05, 4.69) is 11.4 Å². The molecule has 1 atom stereocenters. The molecule has 0 saturated heterocycles. The number of benzene rings is 1. The highest BCUT2D eigenvalue weighted by Crippen LogP contribution is 2.21. The summed E-state index contributed by atoms with van der Waals surface area (Å²) in [7, 11) is 0. The topological polar surface area (TPSA) is 26.0 Å². The summed E-state index contributed by atoms with van der Waals surface area (Å²) in [5.41, 5.74) is 9.30. The van der Waals surface area contributed by atoms with Crippen molar-refractivity contribution in [1.82, 2.24) is 0 Å². The molecule has 0 aliphatic heterocycles. The minimum Gasteiger partial charge on any atom is -0.324 e. The summed E-state index contributed by atoms with van der Waals surface area (Å²) >= 11 is 1.67. The summed E-state index contributed by atoms with van der Waals surface area (Å²) in [5, 5.41) is 4.14. The van der Waals surface area contributed by atoms with Crippen molar-refractivity contribution in [2.24, 2.45) is 5.73 Å². The van der Waals surface area contributed by atoms with Gasteiger partial charge in [0, 0.05) is 6.04 Å². The molecule has 0 bridgehead atoms. The van der Waals surface area contributed by atoms with Gasteiger partial charge in [-0.25, -0.2) is 4.39 Å². The maximum absolute atomic E-state index is 12.9. The Bertz CT molecular complexity index is 465. The van der Waals surface area contributed by atoms with Gasteiger partial charge in [-0.1, -0.05) is 6.07 Å². The molecular formula is C13H14FNS. The summed E-state index contributed by atoms with van der Waals surface area (Å²) in [6.45, 7) is 1.89. The zero-order valence-electron chi connectivity index (χ0n) is 9.11. The molecule has 0 spiro atoms. The van der Waals surface area contributed by atoms with E-state index in [1.807, 2.05) is 12.3 Å². The Morgan fingerprint density at radius 2 is 2.19 bits per heavy atom. The molecule has 0 aliphatic rings. The van der Waals surface area contributed by atoms with Gasteiger partial charge in [0.1, 0.15) is 5.82 Å². The van der Waals surface area contributed by atoms with E-state index >= 15 is 0 Å². The lowest BCUT2D eigenvalue weighted by Crippen LogP contribution is -2.14. The largest absolute Gasteiger partial charge is 0.324 e. The van der Waals surface area contributed by atoms with Crippen LogP contribution in [0.25, 0.3) is 0 Å². The molecule has 16 heavy (non-hydrogen) atoms. The van der Waals surface area contributed by atoms with E-state index in [0.29, 0.717) is 0 Å². The zero-order valence-corrected chi connectivity index (χ0v) is 9.93. The third-order valence-corrected chi connectivity index (χ3v) is 3.40. The van der Waals surface area contributed by atoms with Crippen molar-refractivity contribution in [3.8, 4) is 0 Å². The van der Waals surface area contributed by atoms with Crippen LogP contribution in [-0.4, -0.2) is 0 Å². The fourth-order valence-corrected chi connectivity index (χ4v) is 2.51. The highest BCUT2D eigenvalue weighted by atomic mass is 32.1. The first-order chi connectivity index (χ1) is 7.66. The summed E-state index contributed by atoms with van der Waals surface area (Å²) in [4.78, 5) is 0. The van der Waals surface area contributed by atoms with Crippen molar-refractivity contribution in [2.45, 2.75) is 19.4 Å². The monoisotopic (exact) mass is 235 g/mol. The van der Waals surface area contributed by atoms with Gasteiger partial charge in [0.15, 0.2) is 0 Å². The Morgan fingerprint density at radius 3 is 2.81 bits per heavy atom. The molecule has 0 amide bonds. The molecule has 0 aliphatic carbocycles. The normalized spacial score (nSPS) is 12.7. The minimum atomic E-state index is -0.205. The predicted molar refractivity (Wildman–Crippen MR) is 66.1 cm³/mol. The SMILES string of the molecule is Cc1cc(F)ccc1C(N)Cc1ccsc1. The fraction of sp³-hybridized carbons (Fsp3) is 0.231. The van der Waals surface area contributed by atoms with E-state index in [0.717, 1.165) is 17.5 Å². The van der Waals surface area contributed by atoms with Gasteiger partial charge in [-0.05, 0) is 59.0 Å². The smallest absolute Gasteiger partial charge is 0.123 e. The van der Waals surface area contributed by atoms with Crippen LogP contribution in [0, 0.1) is 12.7 Å². The summed E-state index contributed by atoms with van der Waals surface area (Å²) in [6.07, 6.45) is 0.802. The highest BCUT2D eigenvalue weighted by molar-refractivity contribution is 7.07. The Labute approximate surface area is 98.7 Å². The molecule has 1 aromatic heterocycles. The molecule has 1 unspecified atom stereocenters. The van der Waals surface area contributed by atoms with Crippen LogP contribution in [0.2, 0.25) is 0 Å². The zero-order chi connectivity index (χ0) is 11.5. The predicted octanol–water partition coefficient (Wildman–Crippen LogP) is 3.44. The number of thiophene rings is 1. The van der Waals surface area contributed by atoms with Gasteiger partial charge in [-0.2, -0.15) is 11.3 Å². The van der Waals surface area contributed by atoms with E-state index in [9.17, 15) is 4.39 Å². The number of rotatable bonds is 3. The highest BCUT2D eigenvalue weighted by Gasteiger charge is 2.10.